The molecule has 0 saturated carbocycles. The van der Waals surface area contributed by atoms with Gasteiger partial charge in [0.2, 0.25) is 11.8 Å². The first-order chi connectivity index (χ1) is 27.5. The number of likely N-dealkylation sites (N-methyl/N-ethyl adjacent to an activating group) is 1. The Hall–Kier alpha value is -4.98. The van der Waals surface area contributed by atoms with Crippen LogP contribution in [-0.2, 0) is 20.9 Å². The number of carbonyl (C=O) groups excluding carboxylic acids is 5. The molecule has 302 valence electrons. The molecule has 12 nitrogen and oxygen atoms in total. The van der Waals surface area contributed by atoms with Crippen LogP contribution in [0.2, 0.25) is 0 Å². The van der Waals surface area contributed by atoms with Gasteiger partial charge in [0.15, 0.2) is 5.78 Å². The van der Waals surface area contributed by atoms with Gasteiger partial charge >= 0.3 is 0 Å². The van der Waals surface area contributed by atoms with E-state index in [-0.39, 0.29) is 47.9 Å². The molecule has 3 aromatic rings. The summed E-state index contributed by atoms with van der Waals surface area (Å²) in [6, 6.07) is 18.3. The molecule has 0 spiro atoms. The minimum absolute atomic E-state index is 0.0365. The summed E-state index contributed by atoms with van der Waals surface area (Å²) < 4.78 is 20.4. The molecule has 0 radical (unpaired) electrons. The molecule has 3 aromatic carbocycles. The van der Waals surface area contributed by atoms with Gasteiger partial charge < -0.3 is 14.5 Å². The van der Waals surface area contributed by atoms with Crippen molar-refractivity contribution < 1.29 is 33.1 Å². The minimum Gasteiger partial charge on any atom is -0.485 e. The summed E-state index contributed by atoms with van der Waals surface area (Å²) in [6.07, 6.45) is 3.09. The number of fused-ring (bicyclic) bond motifs is 1. The third-order valence-corrected chi connectivity index (χ3v) is 12.1. The Morgan fingerprint density at radius 3 is 2.35 bits per heavy atom. The number of hydrogen-bond donors (Lipinski definition) is 1. The molecule has 4 aliphatic rings. The molecule has 57 heavy (non-hydrogen) atoms. The van der Waals surface area contributed by atoms with Gasteiger partial charge in [0, 0.05) is 81.9 Å². The Morgan fingerprint density at radius 1 is 0.877 bits per heavy atom. The molecule has 13 heteroatoms. The summed E-state index contributed by atoms with van der Waals surface area (Å²) in [4.78, 5) is 73.5. The fourth-order valence-corrected chi connectivity index (χ4v) is 8.77. The van der Waals surface area contributed by atoms with Crippen molar-refractivity contribution in [3.05, 3.63) is 94.3 Å². The van der Waals surface area contributed by atoms with Crippen LogP contribution in [0.1, 0.15) is 81.8 Å². The van der Waals surface area contributed by atoms with Gasteiger partial charge in [-0.2, -0.15) is 0 Å². The Labute approximate surface area is 333 Å². The standard InChI is InChI=1S/C44H53FN6O6/c1-29-9-7-12-36(45)34(29)25-49-26-35(38(27-49)47(2)3)30-14-16-31(17-15-30)50-23-21-48(22-24-50)20-6-4-5-10-32(52)28-57-39-13-8-11-33-41(39)44(56)51(43(33)55)37-18-19-40(53)46-42(37)54/h7-9,11-17,35,37-38H,4-6,10,18-28H2,1-3H3,(H,46,53,54)/t35?,37?,38-/m0/s1. The van der Waals surface area contributed by atoms with Crippen LogP contribution in [0.3, 0.4) is 0 Å². The number of carbonyl (C=O) groups is 5. The Bertz CT molecular complexity index is 1980. The molecule has 3 fully saturated rings. The van der Waals surface area contributed by atoms with Crippen molar-refractivity contribution in [3.63, 3.8) is 0 Å². The average Bonchev–Trinajstić information content (AvgIpc) is 3.74. The normalized spacial score (nSPS) is 21.7. The number of likely N-dealkylation sites (tertiary alicyclic amines) is 1. The van der Waals surface area contributed by atoms with Gasteiger partial charge in [-0.15, -0.1) is 0 Å². The number of Topliss-reactive ketones (excluding diaryl/α,β-unsaturated/α-hetero) is 1. The first-order valence-electron chi connectivity index (χ1n) is 20.2. The number of benzene rings is 3. The molecule has 2 unspecified atom stereocenters. The van der Waals surface area contributed by atoms with Gasteiger partial charge in [0.25, 0.3) is 11.8 Å². The topological polar surface area (TPSA) is 123 Å². The van der Waals surface area contributed by atoms with Gasteiger partial charge in [-0.05, 0) is 88.3 Å². The van der Waals surface area contributed by atoms with E-state index in [4.69, 9.17) is 4.74 Å². The predicted molar refractivity (Wildman–Crippen MR) is 214 cm³/mol. The van der Waals surface area contributed by atoms with E-state index in [2.05, 4.69) is 63.3 Å². The van der Waals surface area contributed by atoms with E-state index in [0.717, 1.165) is 81.1 Å². The molecule has 3 saturated heterocycles. The maximum atomic E-state index is 14.6. The van der Waals surface area contributed by atoms with Crippen molar-refractivity contribution in [1.29, 1.82) is 0 Å². The monoisotopic (exact) mass is 780 g/mol. The number of ketones is 1. The maximum Gasteiger partial charge on any atom is 0.266 e. The Balaban J connectivity index is 0.811. The van der Waals surface area contributed by atoms with Crippen LogP contribution < -0.4 is 15.0 Å². The number of hydrogen-bond acceptors (Lipinski definition) is 10. The minimum atomic E-state index is -1.07. The van der Waals surface area contributed by atoms with Gasteiger partial charge in [0.05, 0.1) is 11.1 Å². The smallest absolute Gasteiger partial charge is 0.266 e. The molecule has 0 aliphatic carbocycles. The summed E-state index contributed by atoms with van der Waals surface area (Å²) in [6.45, 7) is 9.03. The van der Waals surface area contributed by atoms with Crippen LogP contribution in [0.4, 0.5) is 10.1 Å². The molecule has 7 rings (SSSR count). The summed E-state index contributed by atoms with van der Waals surface area (Å²) >= 11 is 0. The van der Waals surface area contributed by atoms with E-state index in [1.807, 2.05) is 13.0 Å². The third kappa shape index (κ3) is 8.95. The molecular formula is C44H53FN6O6. The largest absolute Gasteiger partial charge is 0.485 e. The van der Waals surface area contributed by atoms with Crippen molar-refractivity contribution in [2.24, 2.45) is 0 Å². The predicted octanol–water partition coefficient (Wildman–Crippen LogP) is 4.40. The van der Waals surface area contributed by atoms with Gasteiger partial charge in [0.1, 0.15) is 24.2 Å². The second kappa shape index (κ2) is 17.7. The lowest BCUT2D eigenvalue weighted by Crippen LogP contribution is -2.54. The maximum absolute atomic E-state index is 14.6. The first kappa shape index (κ1) is 40.2. The highest BCUT2D eigenvalue weighted by Gasteiger charge is 2.46. The molecule has 4 heterocycles. The highest BCUT2D eigenvalue weighted by molar-refractivity contribution is 6.24. The molecule has 4 amide bonds. The molecule has 4 aliphatic heterocycles. The van der Waals surface area contributed by atoms with Crippen LogP contribution in [0.25, 0.3) is 0 Å². The molecule has 0 aromatic heterocycles. The van der Waals surface area contributed by atoms with Crippen molar-refractivity contribution in [2.45, 2.75) is 70.0 Å². The quantitative estimate of drug-likeness (QED) is 0.176. The zero-order valence-electron chi connectivity index (χ0n) is 33.2. The summed E-state index contributed by atoms with van der Waals surface area (Å²) in [5.41, 5.74) is 4.51. The number of halogens is 1. The SMILES string of the molecule is Cc1cccc(F)c1CN1CC(c2ccc(N3CCN(CCCCCC(=O)COc4cccc5c4C(=O)N(C4CCC(=O)NC4=O)C5=O)CC3)cc2)[C@@H](N(C)C)C1. The summed E-state index contributed by atoms with van der Waals surface area (Å²) in [5.74, 6) is -2.12. The fraction of sp³-hybridized carbons (Fsp3) is 0.477. The second-order valence-electron chi connectivity index (χ2n) is 16.1. The number of rotatable bonds is 15. The lowest BCUT2D eigenvalue weighted by Gasteiger charge is -2.36. The summed E-state index contributed by atoms with van der Waals surface area (Å²) in [7, 11) is 4.27. The van der Waals surface area contributed by atoms with Crippen LogP contribution in [0.15, 0.2) is 60.7 Å². The van der Waals surface area contributed by atoms with Crippen LogP contribution >= 0.6 is 0 Å². The van der Waals surface area contributed by atoms with Crippen LogP contribution in [0, 0.1) is 12.7 Å². The van der Waals surface area contributed by atoms with Gasteiger partial charge in [-0.25, -0.2) is 4.39 Å². The van der Waals surface area contributed by atoms with Crippen molar-refractivity contribution in [2.75, 3.05) is 71.4 Å². The van der Waals surface area contributed by atoms with Crippen molar-refractivity contribution in [1.82, 2.24) is 24.9 Å². The van der Waals surface area contributed by atoms with E-state index >= 15 is 0 Å². The first-order valence-corrected chi connectivity index (χ1v) is 20.2. The number of aryl methyl sites for hydroxylation is 1. The average molecular weight is 781 g/mol. The van der Waals surface area contributed by atoms with E-state index in [1.165, 1.54) is 17.3 Å². The molecular weight excluding hydrogens is 728 g/mol. The number of imide groups is 2. The Morgan fingerprint density at radius 2 is 1.63 bits per heavy atom. The number of piperidine rings is 1. The summed E-state index contributed by atoms with van der Waals surface area (Å²) in [5, 5.41) is 2.19. The van der Waals surface area contributed by atoms with Gasteiger partial charge in [-0.1, -0.05) is 36.8 Å². The zero-order chi connectivity index (χ0) is 40.2. The number of amides is 4. The third-order valence-electron chi connectivity index (χ3n) is 12.1. The number of piperazine rings is 1. The number of nitrogens with zero attached hydrogens (tertiary/aromatic N) is 5. The lowest BCUT2D eigenvalue weighted by molar-refractivity contribution is -0.136. The number of nitrogens with one attached hydrogen (secondary N) is 1. The molecule has 1 N–H and O–H groups in total. The Kier molecular flexibility index (Phi) is 12.5. The fourth-order valence-electron chi connectivity index (χ4n) is 8.77. The van der Waals surface area contributed by atoms with Crippen LogP contribution in [-0.4, -0.2) is 128 Å². The number of unbranched alkanes of at least 4 members (excludes halogenated alkanes) is 2. The van der Waals surface area contributed by atoms with E-state index in [9.17, 15) is 28.4 Å². The lowest BCUT2D eigenvalue weighted by atomic mass is 9.93. The van der Waals surface area contributed by atoms with Crippen molar-refractivity contribution >= 4 is 35.1 Å². The second-order valence-corrected chi connectivity index (χ2v) is 16.1. The van der Waals surface area contributed by atoms with Crippen LogP contribution in [0.5, 0.6) is 5.75 Å². The van der Waals surface area contributed by atoms with Gasteiger partial charge in [-0.3, -0.25) is 44.0 Å². The highest BCUT2D eigenvalue weighted by atomic mass is 19.1. The van der Waals surface area contributed by atoms with E-state index in [1.54, 1.807) is 24.3 Å². The number of ether oxygens (including phenoxy) is 1. The highest BCUT2D eigenvalue weighted by Crippen LogP contribution is 2.35. The number of anilines is 1. The van der Waals surface area contributed by atoms with E-state index in [0.29, 0.717) is 24.9 Å². The zero-order valence-corrected chi connectivity index (χ0v) is 33.2. The van der Waals surface area contributed by atoms with E-state index < -0.39 is 29.7 Å². The van der Waals surface area contributed by atoms with Crippen molar-refractivity contribution in [3.8, 4) is 5.75 Å². The molecule has 0 bridgehead atoms. The molecule has 3 atom stereocenters.